The van der Waals surface area contributed by atoms with Gasteiger partial charge in [-0.1, -0.05) is 26.0 Å². The lowest BCUT2D eigenvalue weighted by Gasteiger charge is -2.38. The summed E-state index contributed by atoms with van der Waals surface area (Å²) in [7, 11) is 0. The van der Waals surface area contributed by atoms with E-state index in [2.05, 4.69) is 24.1 Å². The lowest BCUT2D eigenvalue weighted by molar-refractivity contribution is -0.123. The first-order valence-corrected chi connectivity index (χ1v) is 8.86. The Labute approximate surface area is 145 Å². The van der Waals surface area contributed by atoms with E-state index in [9.17, 15) is 9.90 Å². The molecular formula is C19H30N2O3. The Morgan fingerprint density at radius 2 is 2.29 bits per heavy atom. The number of amides is 1. The van der Waals surface area contributed by atoms with Gasteiger partial charge >= 0.3 is 0 Å². The Bertz CT molecular complexity index is 535. The molecule has 0 spiro atoms. The molecule has 1 aromatic carbocycles. The molecule has 1 fully saturated rings. The van der Waals surface area contributed by atoms with E-state index in [1.807, 2.05) is 24.3 Å². The summed E-state index contributed by atoms with van der Waals surface area (Å²) in [5.74, 6) is 0.871. The highest BCUT2D eigenvalue weighted by Crippen LogP contribution is 2.28. The third kappa shape index (κ3) is 5.80. The van der Waals surface area contributed by atoms with Crippen molar-refractivity contribution in [1.82, 2.24) is 10.2 Å². The number of aliphatic hydroxyl groups excluding tert-OH is 1. The predicted molar refractivity (Wildman–Crippen MR) is 94.9 cm³/mol. The highest BCUT2D eigenvalue weighted by atomic mass is 16.5. The van der Waals surface area contributed by atoms with Crippen molar-refractivity contribution in [1.29, 1.82) is 0 Å². The van der Waals surface area contributed by atoms with E-state index in [1.54, 1.807) is 0 Å². The van der Waals surface area contributed by atoms with Crippen molar-refractivity contribution in [3.8, 4) is 5.75 Å². The van der Waals surface area contributed by atoms with Gasteiger partial charge in [0.05, 0.1) is 13.2 Å². The third-order valence-electron chi connectivity index (χ3n) is 4.47. The van der Waals surface area contributed by atoms with Crippen LogP contribution >= 0.6 is 0 Å². The van der Waals surface area contributed by atoms with Crippen molar-refractivity contribution >= 4 is 5.91 Å². The smallest absolute Gasteiger partial charge is 0.234 e. The number of carbonyl (C=O) groups excluding carboxylic acids is 1. The highest BCUT2D eigenvalue weighted by molar-refractivity contribution is 5.78. The number of likely N-dealkylation sites (tertiary alicyclic amines) is 1. The molecule has 0 aliphatic carbocycles. The van der Waals surface area contributed by atoms with Crippen molar-refractivity contribution in [2.24, 2.45) is 5.41 Å². The van der Waals surface area contributed by atoms with Crippen LogP contribution in [-0.2, 0) is 11.3 Å². The second kappa shape index (κ2) is 9.04. The first-order valence-electron chi connectivity index (χ1n) is 8.86. The highest BCUT2D eigenvalue weighted by Gasteiger charge is 2.30. The number of nitrogens with zero attached hydrogens (tertiary/aromatic N) is 1. The molecule has 1 unspecified atom stereocenters. The van der Waals surface area contributed by atoms with Crippen molar-refractivity contribution in [2.75, 3.05) is 32.8 Å². The molecule has 1 aliphatic rings. The summed E-state index contributed by atoms with van der Waals surface area (Å²) in [6.07, 6.45) is 3.02. The number of carbonyl (C=O) groups is 1. The molecule has 0 radical (unpaired) electrons. The molecule has 1 aromatic rings. The predicted octanol–water partition coefficient (Wildman–Crippen LogP) is 2.19. The molecule has 1 heterocycles. The average molecular weight is 334 g/mol. The van der Waals surface area contributed by atoms with Crippen LogP contribution in [0.15, 0.2) is 24.3 Å². The molecule has 1 saturated heterocycles. The summed E-state index contributed by atoms with van der Waals surface area (Å²) in [5, 5.41) is 12.5. The minimum Gasteiger partial charge on any atom is -0.494 e. The van der Waals surface area contributed by atoms with Gasteiger partial charge in [-0.05, 0) is 43.5 Å². The van der Waals surface area contributed by atoms with Gasteiger partial charge in [0.2, 0.25) is 5.91 Å². The van der Waals surface area contributed by atoms with Gasteiger partial charge in [0.15, 0.2) is 0 Å². The van der Waals surface area contributed by atoms with E-state index in [1.165, 1.54) is 0 Å². The molecule has 5 nitrogen and oxygen atoms in total. The summed E-state index contributed by atoms with van der Waals surface area (Å²) >= 11 is 0. The largest absolute Gasteiger partial charge is 0.494 e. The fourth-order valence-corrected chi connectivity index (χ4v) is 3.12. The zero-order chi connectivity index (χ0) is 17.4. The van der Waals surface area contributed by atoms with Gasteiger partial charge in [0.1, 0.15) is 5.75 Å². The third-order valence-corrected chi connectivity index (χ3v) is 4.47. The number of rotatable bonds is 8. The number of hydrogen-bond acceptors (Lipinski definition) is 4. The molecule has 1 atom stereocenters. The average Bonchev–Trinajstić information content (AvgIpc) is 2.59. The van der Waals surface area contributed by atoms with Crippen LogP contribution in [0.4, 0.5) is 0 Å². The molecule has 2 N–H and O–H groups in total. The Hall–Kier alpha value is -1.59. The van der Waals surface area contributed by atoms with Gasteiger partial charge in [-0.25, -0.2) is 0 Å². The van der Waals surface area contributed by atoms with Gasteiger partial charge in [-0.3, -0.25) is 9.69 Å². The zero-order valence-corrected chi connectivity index (χ0v) is 14.9. The van der Waals surface area contributed by atoms with Crippen LogP contribution in [0, 0.1) is 5.41 Å². The second-order valence-electron chi connectivity index (χ2n) is 7.06. The van der Waals surface area contributed by atoms with Crippen LogP contribution < -0.4 is 10.1 Å². The SMILES string of the molecule is CCCOc1cccc(CNC(=O)CN2CCCC(C)(CO)C2)c1. The number of ether oxygens (including phenoxy) is 1. The topological polar surface area (TPSA) is 61.8 Å². The van der Waals surface area contributed by atoms with Crippen LogP contribution in [0.5, 0.6) is 5.75 Å². The van der Waals surface area contributed by atoms with E-state index >= 15 is 0 Å². The molecule has 24 heavy (non-hydrogen) atoms. The standard InChI is InChI=1S/C19H30N2O3/c1-3-10-24-17-7-4-6-16(11-17)12-20-18(23)13-21-9-5-8-19(2,14-21)15-22/h4,6-7,11,22H,3,5,8-10,12-15H2,1-2H3,(H,20,23). The van der Waals surface area contributed by atoms with Crippen LogP contribution in [0.3, 0.4) is 0 Å². The van der Waals surface area contributed by atoms with Crippen molar-refractivity contribution < 1.29 is 14.6 Å². The summed E-state index contributed by atoms with van der Waals surface area (Å²) in [6.45, 7) is 7.63. The number of hydrogen-bond donors (Lipinski definition) is 2. The Morgan fingerprint density at radius 1 is 1.46 bits per heavy atom. The van der Waals surface area contributed by atoms with E-state index in [0.717, 1.165) is 43.7 Å². The van der Waals surface area contributed by atoms with Gasteiger partial charge in [0, 0.05) is 25.1 Å². The maximum atomic E-state index is 12.2. The first kappa shape index (κ1) is 18.7. The molecule has 1 aliphatic heterocycles. The Kier molecular flexibility index (Phi) is 7.06. The summed E-state index contributed by atoms with van der Waals surface area (Å²) in [6, 6.07) is 7.84. The Morgan fingerprint density at radius 3 is 3.04 bits per heavy atom. The van der Waals surface area contributed by atoms with Gasteiger partial charge in [-0.15, -0.1) is 0 Å². The van der Waals surface area contributed by atoms with Crippen LogP contribution in [0.1, 0.15) is 38.7 Å². The molecule has 0 aromatic heterocycles. The van der Waals surface area contributed by atoms with Crippen LogP contribution in [-0.4, -0.2) is 48.8 Å². The van der Waals surface area contributed by atoms with E-state index in [4.69, 9.17) is 4.74 Å². The molecule has 0 saturated carbocycles. The molecule has 5 heteroatoms. The lowest BCUT2D eigenvalue weighted by atomic mass is 9.83. The van der Waals surface area contributed by atoms with Gasteiger partial charge < -0.3 is 15.2 Å². The van der Waals surface area contributed by atoms with Crippen molar-refractivity contribution in [3.63, 3.8) is 0 Å². The maximum absolute atomic E-state index is 12.2. The minimum absolute atomic E-state index is 0.0251. The van der Waals surface area contributed by atoms with Crippen molar-refractivity contribution in [2.45, 2.75) is 39.7 Å². The van der Waals surface area contributed by atoms with Crippen molar-refractivity contribution in [3.05, 3.63) is 29.8 Å². The first-order chi connectivity index (χ1) is 11.5. The summed E-state index contributed by atoms with van der Waals surface area (Å²) < 4.78 is 5.61. The maximum Gasteiger partial charge on any atom is 0.234 e. The van der Waals surface area contributed by atoms with Crippen LogP contribution in [0.2, 0.25) is 0 Å². The number of aliphatic hydroxyl groups is 1. The molecule has 134 valence electrons. The summed E-state index contributed by atoms with van der Waals surface area (Å²) in [5.41, 5.74) is 0.958. The zero-order valence-electron chi connectivity index (χ0n) is 14.9. The summed E-state index contributed by atoms with van der Waals surface area (Å²) in [4.78, 5) is 14.3. The number of piperidine rings is 1. The fraction of sp³-hybridized carbons (Fsp3) is 0.632. The number of nitrogens with one attached hydrogen (secondary N) is 1. The van der Waals surface area contributed by atoms with Gasteiger partial charge in [-0.2, -0.15) is 0 Å². The number of benzene rings is 1. The monoisotopic (exact) mass is 334 g/mol. The second-order valence-corrected chi connectivity index (χ2v) is 7.06. The molecule has 2 rings (SSSR count). The van der Waals surface area contributed by atoms with E-state index in [-0.39, 0.29) is 17.9 Å². The molecule has 1 amide bonds. The quantitative estimate of drug-likeness (QED) is 0.765. The van der Waals surface area contributed by atoms with Gasteiger partial charge in [0.25, 0.3) is 0 Å². The molecular weight excluding hydrogens is 304 g/mol. The van der Waals surface area contributed by atoms with Crippen LogP contribution in [0.25, 0.3) is 0 Å². The minimum atomic E-state index is -0.0799. The fourth-order valence-electron chi connectivity index (χ4n) is 3.12. The lowest BCUT2D eigenvalue weighted by Crippen LogP contribution is -2.47. The molecule has 0 bridgehead atoms. The van der Waals surface area contributed by atoms with E-state index in [0.29, 0.717) is 19.7 Å². The Balaban J connectivity index is 1.78. The van der Waals surface area contributed by atoms with E-state index < -0.39 is 0 Å². The normalized spacial score (nSPS) is 21.5.